The predicted octanol–water partition coefficient (Wildman–Crippen LogP) is 2.93. The molecule has 0 aliphatic carbocycles. The van der Waals surface area contributed by atoms with Crippen LogP contribution in [0.5, 0.6) is 0 Å². The van der Waals surface area contributed by atoms with Crippen LogP contribution in [-0.2, 0) is 17.8 Å². The van der Waals surface area contributed by atoms with Crippen LogP contribution in [-0.4, -0.2) is 85.2 Å². The molecule has 4 rings (SSSR count). The quantitative estimate of drug-likeness (QED) is 0.559. The average Bonchev–Trinajstić information content (AvgIpc) is 3.30. The summed E-state index contributed by atoms with van der Waals surface area (Å²) in [5, 5.41) is 3.55. The number of guanidine groups is 1. The zero-order chi connectivity index (χ0) is 21.5. The zero-order valence-electron chi connectivity index (χ0n) is 19.6. The number of likely N-dealkylation sites (tertiary alicyclic amines) is 2. The molecule has 3 heterocycles. The summed E-state index contributed by atoms with van der Waals surface area (Å²) in [5.74, 6) is 1.07. The van der Waals surface area contributed by atoms with Crippen LogP contribution in [0.25, 0.3) is 0 Å². The molecule has 1 aromatic carbocycles. The summed E-state index contributed by atoms with van der Waals surface area (Å²) < 4.78 is 5.54. The van der Waals surface area contributed by atoms with E-state index in [1.54, 1.807) is 0 Å². The molecule has 2 unspecified atom stereocenters. The van der Waals surface area contributed by atoms with Crippen LogP contribution in [0.1, 0.15) is 50.7 Å². The first-order chi connectivity index (χ1) is 15.2. The van der Waals surface area contributed by atoms with E-state index >= 15 is 0 Å². The molecule has 3 aliphatic rings. The number of aliphatic imine (C=N–C) groups is 1. The fourth-order valence-electron chi connectivity index (χ4n) is 5.24. The topological polar surface area (TPSA) is 43.3 Å². The van der Waals surface area contributed by atoms with Gasteiger partial charge in [-0.2, -0.15) is 0 Å². The molecule has 0 amide bonds. The number of rotatable bonds is 6. The number of hydrogen-bond acceptors (Lipinski definition) is 4. The molecular weight excluding hydrogens is 386 g/mol. The highest BCUT2D eigenvalue weighted by Crippen LogP contribution is 2.22. The summed E-state index contributed by atoms with van der Waals surface area (Å²) in [4.78, 5) is 12.8. The Hall–Kier alpha value is -1.63. The van der Waals surface area contributed by atoms with E-state index in [-0.39, 0.29) is 0 Å². The van der Waals surface area contributed by atoms with E-state index in [2.05, 4.69) is 58.1 Å². The number of ether oxygens (including phenoxy) is 1. The van der Waals surface area contributed by atoms with Gasteiger partial charge in [-0.1, -0.05) is 30.7 Å². The molecule has 1 aromatic rings. The highest BCUT2D eigenvalue weighted by molar-refractivity contribution is 5.80. The second-order valence-corrected chi connectivity index (χ2v) is 9.29. The maximum Gasteiger partial charge on any atom is 0.194 e. The summed E-state index contributed by atoms with van der Waals surface area (Å²) in [7, 11) is 0. The van der Waals surface area contributed by atoms with Gasteiger partial charge in [0, 0.05) is 51.4 Å². The average molecular weight is 428 g/mol. The number of nitrogens with one attached hydrogen (secondary N) is 1. The molecule has 0 spiro atoms. The van der Waals surface area contributed by atoms with E-state index in [0.29, 0.717) is 12.1 Å². The van der Waals surface area contributed by atoms with E-state index in [1.165, 1.54) is 43.4 Å². The molecule has 6 heteroatoms. The molecule has 6 nitrogen and oxygen atoms in total. The predicted molar refractivity (Wildman–Crippen MR) is 127 cm³/mol. The lowest BCUT2D eigenvalue weighted by Crippen LogP contribution is -2.46. The molecule has 31 heavy (non-hydrogen) atoms. The fraction of sp³-hybridized carbons (Fsp3) is 0.720. The van der Waals surface area contributed by atoms with Gasteiger partial charge in [-0.05, 0) is 50.8 Å². The molecule has 2 atom stereocenters. The number of piperidine rings is 1. The first-order valence-electron chi connectivity index (χ1n) is 12.4. The molecule has 3 saturated heterocycles. The third kappa shape index (κ3) is 5.99. The molecule has 0 saturated carbocycles. The van der Waals surface area contributed by atoms with Crippen LogP contribution >= 0.6 is 0 Å². The maximum absolute atomic E-state index is 5.54. The normalized spacial score (nSPS) is 26.4. The van der Waals surface area contributed by atoms with E-state index in [1.807, 2.05) is 0 Å². The van der Waals surface area contributed by atoms with Gasteiger partial charge in [0.15, 0.2) is 5.96 Å². The highest BCUT2D eigenvalue weighted by atomic mass is 16.5. The molecule has 0 radical (unpaired) electrons. The first-order valence-corrected chi connectivity index (χ1v) is 12.4. The van der Waals surface area contributed by atoms with Gasteiger partial charge >= 0.3 is 0 Å². The molecule has 3 fully saturated rings. The van der Waals surface area contributed by atoms with E-state index in [0.717, 1.165) is 65.0 Å². The summed E-state index contributed by atoms with van der Waals surface area (Å²) in [6.07, 6.45) is 5.24. The van der Waals surface area contributed by atoms with Crippen molar-refractivity contribution in [1.82, 2.24) is 20.0 Å². The van der Waals surface area contributed by atoms with Gasteiger partial charge in [-0.25, -0.2) is 4.99 Å². The van der Waals surface area contributed by atoms with Crippen LogP contribution in [0.4, 0.5) is 0 Å². The Bertz CT molecular complexity index is 718. The van der Waals surface area contributed by atoms with Crippen LogP contribution in [0.3, 0.4) is 0 Å². The van der Waals surface area contributed by atoms with Crippen molar-refractivity contribution in [2.45, 2.75) is 64.7 Å². The SMILES string of the molecule is CCNC(=NCc1ccccc1CN1CCCCC1C)N1CCC(N2CCOCC2)C1. The number of morpholine rings is 1. The number of benzene rings is 1. The van der Waals surface area contributed by atoms with Crippen molar-refractivity contribution in [1.29, 1.82) is 0 Å². The Morgan fingerprint density at radius 3 is 2.65 bits per heavy atom. The van der Waals surface area contributed by atoms with E-state index < -0.39 is 0 Å². The summed E-state index contributed by atoms with van der Waals surface area (Å²) in [5.41, 5.74) is 2.79. The Labute approximate surface area is 188 Å². The van der Waals surface area contributed by atoms with Crippen LogP contribution in [0.15, 0.2) is 29.3 Å². The maximum atomic E-state index is 5.54. The minimum atomic E-state index is 0.626. The van der Waals surface area contributed by atoms with Gasteiger partial charge in [-0.15, -0.1) is 0 Å². The van der Waals surface area contributed by atoms with Crippen molar-refractivity contribution in [2.75, 3.05) is 52.5 Å². The van der Waals surface area contributed by atoms with E-state index in [9.17, 15) is 0 Å². The lowest BCUT2D eigenvalue weighted by atomic mass is 10.0. The Morgan fingerprint density at radius 2 is 1.87 bits per heavy atom. The van der Waals surface area contributed by atoms with Crippen molar-refractivity contribution in [3.05, 3.63) is 35.4 Å². The van der Waals surface area contributed by atoms with Crippen LogP contribution in [0.2, 0.25) is 0 Å². The summed E-state index contributed by atoms with van der Waals surface area (Å²) >= 11 is 0. The Kier molecular flexibility index (Phi) is 8.22. The monoisotopic (exact) mass is 427 g/mol. The molecular formula is C25H41N5O. The fourth-order valence-corrected chi connectivity index (χ4v) is 5.24. The minimum absolute atomic E-state index is 0.626. The van der Waals surface area contributed by atoms with Gasteiger partial charge in [0.1, 0.15) is 0 Å². The summed E-state index contributed by atoms with van der Waals surface area (Å²) in [6, 6.07) is 10.2. The third-order valence-corrected chi connectivity index (χ3v) is 7.19. The van der Waals surface area contributed by atoms with Crippen molar-refractivity contribution < 1.29 is 4.74 Å². The molecule has 1 N–H and O–H groups in total. The van der Waals surface area contributed by atoms with Crippen molar-refractivity contribution in [2.24, 2.45) is 4.99 Å². The van der Waals surface area contributed by atoms with Gasteiger partial charge < -0.3 is 15.0 Å². The number of hydrogen-bond donors (Lipinski definition) is 1. The van der Waals surface area contributed by atoms with Gasteiger partial charge in [0.25, 0.3) is 0 Å². The van der Waals surface area contributed by atoms with Gasteiger partial charge in [0.05, 0.1) is 19.8 Å². The minimum Gasteiger partial charge on any atom is -0.379 e. The Morgan fingerprint density at radius 1 is 1.06 bits per heavy atom. The van der Waals surface area contributed by atoms with Crippen molar-refractivity contribution in [3.63, 3.8) is 0 Å². The first kappa shape index (κ1) is 22.6. The van der Waals surface area contributed by atoms with Gasteiger partial charge in [-0.3, -0.25) is 9.80 Å². The second kappa shape index (κ2) is 11.3. The smallest absolute Gasteiger partial charge is 0.194 e. The molecule has 172 valence electrons. The third-order valence-electron chi connectivity index (χ3n) is 7.19. The molecule has 0 aromatic heterocycles. The largest absolute Gasteiger partial charge is 0.379 e. The zero-order valence-corrected chi connectivity index (χ0v) is 19.6. The summed E-state index contributed by atoms with van der Waals surface area (Å²) in [6.45, 7) is 14.5. The Balaban J connectivity index is 1.40. The molecule has 0 bridgehead atoms. The molecule has 3 aliphatic heterocycles. The number of nitrogens with zero attached hydrogens (tertiary/aromatic N) is 4. The highest BCUT2D eigenvalue weighted by Gasteiger charge is 2.30. The lowest BCUT2D eigenvalue weighted by Gasteiger charge is -2.33. The second-order valence-electron chi connectivity index (χ2n) is 9.29. The van der Waals surface area contributed by atoms with E-state index in [4.69, 9.17) is 9.73 Å². The van der Waals surface area contributed by atoms with Crippen LogP contribution in [0, 0.1) is 0 Å². The van der Waals surface area contributed by atoms with Gasteiger partial charge in [0.2, 0.25) is 0 Å². The van der Waals surface area contributed by atoms with Crippen LogP contribution < -0.4 is 5.32 Å². The standard InChI is InChI=1S/C25H41N5O/c1-3-26-25(30-13-11-24(20-30)28-14-16-31-17-15-28)27-18-22-9-4-5-10-23(22)19-29-12-7-6-8-21(29)2/h4-5,9-10,21,24H,3,6-8,11-20H2,1-2H3,(H,26,27). The lowest BCUT2D eigenvalue weighted by molar-refractivity contribution is 0.0195. The van der Waals surface area contributed by atoms with Crippen molar-refractivity contribution >= 4 is 5.96 Å². The van der Waals surface area contributed by atoms with Crippen molar-refractivity contribution in [3.8, 4) is 0 Å².